The van der Waals surface area contributed by atoms with Crippen LogP contribution in [-0.4, -0.2) is 29.8 Å². The van der Waals surface area contributed by atoms with E-state index in [0.29, 0.717) is 18.4 Å². The first kappa shape index (κ1) is 18.8. The van der Waals surface area contributed by atoms with Crippen LogP contribution in [0.2, 0.25) is 0 Å². The molecule has 0 atom stereocenters. The van der Waals surface area contributed by atoms with Gasteiger partial charge in [-0.2, -0.15) is 13.2 Å². The molecule has 0 unspecified atom stereocenters. The van der Waals surface area contributed by atoms with Crippen molar-refractivity contribution < 1.29 is 32.6 Å². The first-order valence-corrected chi connectivity index (χ1v) is 7.03. The SMILES string of the molecule is O=C(O)CCCCC(=O)NCc1cccc(OCC(F)(F)F)c1. The van der Waals surface area contributed by atoms with Crippen molar-refractivity contribution in [2.24, 2.45) is 0 Å². The van der Waals surface area contributed by atoms with Crippen LogP contribution in [0, 0.1) is 0 Å². The number of hydrogen-bond acceptors (Lipinski definition) is 3. The van der Waals surface area contributed by atoms with E-state index in [2.05, 4.69) is 10.1 Å². The van der Waals surface area contributed by atoms with Crippen LogP contribution in [0.3, 0.4) is 0 Å². The molecule has 0 radical (unpaired) electrons. The quantitative estimate of drug-likeness (QED) is 0.681. The number of amides is 1. The van der Waals surface area contributed by atoms with Crippen molar-refractivity contribution in [2.45, 2.75) is 38.4 Å². The number of ether oxygens (including phenoxy) is 1. The minimum absolute atomic E-state index is 0.0197. The van der Waals surface area contributed by atoms with Gasteiger partial charge in [-0.05, 0) is 30.5 Å². The summed E-state index contributed by atoms with van der Waals surface area (Å²) in [5, 5.41) is 11.1. The highest BCUT2D eigenvalue weighted by atomic mass is 19.4. The van der Waals surface area contributed by atoms with Gasteiger partial charge in [-0.1, -0.05) is 12.1 Å². The molecular weight excluding hydrogens is 315 g/mol. The average molecular weight is 333 g/mol. The number of carboxylic acids is 1. The van der Waals surface area contributed by atoms with E-state index in [1.165, 1.54) is 12.1 Å². The van der Waals surface area contributed by atoms with E-state index in [0.717, 1.165) is 0 Å². The third kappa shape index (κ3) is 9.38. The largest absolute Gasteiger partial charge is 0.484 e. The van der Waals surface area contributed by atoms with Crippen LogP contribution < -0.4 is 10.1 Å². The third-order valence-electron chi connectivity index (χ3n) is 2.84. The Morgan fingerprint density at radius 2 is 1.87 bits per heavy atom. The first-order chi connectivity index (χ1) is 10.8. The molecule has 128 valence electrons. The zero-order valence-corrected chi connectivity index (χ0v) is 12.4. The van der Waals surface area contributed by atoms with E-state index < -0.39 is 18.8 Å². The Morgan fingerprint density at radius 3 is 2.52 bits per heavy atom. The highest BCUT2D eigenvalue weighted by Crippen LogP contribution is 2.19. The number of carboxylic acid groups (broad SMARTS) is 1. The molecular formula is C15H18F3NO4. The van der Waals surface area contributed by atoms with Gasteiger partial charge < -0.3 is 15.2 Å². The molecule has 0 spiro atoms. The Kier molecular flexibility index (Phi) is 7.37. The molecule has 1 rings (SSSR count). The van der Waals surface area contributed by atoms with Crippen molar-refractivity contribution in [1.82, 2.24) is 5.32 Å². The molecule has 5 nitrogen and oxygen atoms in total. The Morgan fingerprint density at radius 1 is 1.17 bits per heavy atom. The Balaban J connectivity index is 2.34. The van der Waals surface area contributed by atoms with E-state index in [1.807, 2.05) is 0 Å². The summed E-state index contributed by atoms with van der Waals surface area (Å²) in [6.45, 7) is -1.20. The lowest BCUT2D eigenvalue weighted by Crippen LogP contribution is -2.22. The maximum absolute atomic E-state index is 12.1. The van der Waals surface area contributed by atoms with Gasteiger partial charge in [0, 0.05) is 19.4 Å². The summed E-state index contributed by atoms with van der Waals surface area (Å²) >= 11 is 0. The van der Waals surface area contributed by atoms with E-state index in [4.69, 9.17) is 5.11 Å². The van der Waals surface area contributed by atoms with Gasteiger partial charge in [0.05, 0.1) is 0 Å². The van der Waals surface area contributed by atoms with E-state index in [-0.39, 0.29) is 31.0 Å². The van der Waals surface area contributed by atoms with Crippen LogP contribution in [0.25, 0.3) is 0 Å². The van der Waals surface area contributed by atoms with Gasteiger partial charge in [0.1, 0.15) is 5.75 Å². The zero-order valence-electron chi connectivity index (χ0n) is 12.4. The van der Waals surface area contributed by atoms with Crippen molar-refractivity contribution in [2.75, 3.05) is 6.61 Å². The van der Waals surface area contributed by atoms with Gasteiger partial charge >= 0.3 is 12.1 Å². The second-order valence-electron chi connectivity index (χ2n) is 4.93. The van der Waals surface area contributed by atoms with Gasteiger partial charge in [0.15, 0.2) is 6.61 Å². The second kappa shape index (κ2) is 9.02. The summed E-state index contributed by atoms with van der Waals surface area (Å²) in [7, 11) is 0. The van der Waals surface area contributed by atoms with Gasteiger partial charge in [-0.3, -0.25) is 9.59 Å². The highest BCUT2D eigenvalue weighted by molar-refractivity contribution is 5.75. The zero-order chi connectivity index (χ0) is 17.3. The molecule has 2 N–H and O–H groups in total. The predicted octanol–water partition coefficient (Wildman–Crippen LogP) is 2.89. The fraction of sp³-hybridized carbons (Fsp3) is 0.467. The summed E-state index contributed by atoms with van der Waals surface area (Å²) < 4.78 is 40.8. The number of rotatable bonds is 9. The molecule has 0 bridgehead atoms. The molecule has 23 heavy (non-hydrogen) atoms. The number of hydrogen-bond donors (Lipinski definition) is 2. The van der Waals surface area contributed by atoms with Crippen LogP contribution >= 0.6 is 0 Å². The number of carbonyl (C=O) groups is 2. The number of benzene rings is 1. The molecule has 0 aliphatic rings. The monoisotopic (exact) mass is 333 g/mol. The Hall–Kier alpha value is -2.25. The number of nitrogens with one attached hydrogen (secondary N) is 1. The molecule has 0 heterocycles. The standard InChI is InChI=1S/C15H18F3NO4/c16-15(17,18)10-23-12-5-3-4-11(8-12)9-19-13(20)6-1-2-7-14(21)22/h3-5,8H,1-2,6-7,9-10H2,(H,19,20)(H,21,22). The van der Waals surface area contributed by atoms with Crippen LogP contribution in [0.4, 0.5) is 13.2 Å². The van der Waals surface area contributed by atoms with Crippen molar-refractivity contribution >= 4 is 11.9 Å². The summed E-state index contributed by atoms with van der Waals surface area (Å²) in [4.78, 5) is 21.9. The van der Waals surface area contributed by atoms with Gasteiger partial charge in [-0.25, -0.2) is 0 Å². The molecule has 0 saturated heterocycles. The van der Waals surface area contributed by atoms with E-state index >= 15 is 0 Å². The van der Waals surface area contributed by atoms with Crippen LogP contribution in [0.1, 0.15) is 31.2 Å². The summed E-state index contributed by atoms with van der Waals surface area (Å²) in [5.41, 5.74) is 0.614. The van der Waals surface area contributed by atoms with Crippen molar-refractivity contribution in [3.05, 3.63) is 29.8 Å². The molecule has 1 aromatic carbocycles. The van der Waals surface area contributed by atoms with Gasteiger partial charge in [-0.15, -0.1) is 0 Å². The van der Waals surface area contributed by atoms with Gasteiger partial charge in [0.25, 0.3) is 0 Å². The summed E-state index contributed by atoms with van der Waals surface area (Å²) in [5.74, 6) is -1.06. The van der Waals surface area contributed by atoms with Gasteiger partial charge in [0.2, 0.25) is 5.91 Å². The average Bonchev–Trinajstić information content (AvgIpc) is 2.47. The topological polar surface area (TPSA) is 75.6 Å². The molecule has 0 saturated carbocycles. The highest BCUT2D eigenvalue weighted by Gasteiger charge is 2.28. The fourth-order valence-electron chi connectivity index (χ4n) is 1.76. The van der Waals surface area contributed by atoms with E-state index in [1.54, 1.807) is 12.1 Å². The number of carbonyl (C=O) groups excluding carboxylic acids is 1. The molecule has 0 fully saturated rings. The smallest absolute Gasteiger partial charge is 0.422 e. The van der Waals surface area contributed by atoms with Crippen molar-refractivity contribution in [3.63, 3.8) is 0 Å². The maximum atomic E-state index is 12.1. The summed E-state index contributed by atoms with van der Waals surface area (Å²) in [6, 6.07) is 6.03. The predicted molar refractivity (Wildman–Crippen MR) is 75.9 cm³/mol. The fourth-order valence-corrected chi connectivity index (χ4v) is 1.76. The second-order valence-corrected chi connectivity index (χ2v) is 4.93. The maximum Gasteiger partial charge on any atom is 0.422 e. The minimum atomic E-state index is -4.40. The number of aliphatic carboxylic acids is 1. The number of unbranched alkanes of at least 4 members (excludes halogenated alkanes) is 1. The van der Waals surface area contributed by atoms with Crippen LogP contribution in [-0.2, 0) is 16.1 Å². The molecule has 8 heteroatoms. The van der Waals surface area contributed by atoms with Crippen LogP contribution in [0.15, 0.2) is 24.3 Å². The van der Waals surface area contributed by atoms with E-state index in [9.17, 15) is 22.8 Å². The lowest BCUT2D eigenvalue weighted by molar-refractivity contribution is -0.153. The lowest BCUT2D eigenvalue weighted by atomic mass is 10.1. The summed E-state index contributed by atoms with van der Waals surface area (Å²) in [6.07, 6.45) is -3.29. The number of halogens is 3. The molecule has 0 aromatic heterocycles. The van der Waals surface area contributed by atoms with Crippen molar-refractivity contribution in [1.29, 1.82) is 0 Å². The Labute approximate surface area is 131 Å². The first-order valence-electron chi connectivity index (χ1n) is 7.03. The molecule has 0 aliphatic heterocycles. The minimum Gasteiger partial charge on any atom is -0.484 e. The molecule has 1 aromatic rings. The molecule has 0 aliphatic carbocycles. The normalized spacial score (nSPS) is 11.1. The van der Waals surface area contributed by atoms with Crippen molar-refractivity contribution in [3.8, 4) is 5.75 Å². The molecule has 1 amide bonds. The lowest BCUT2D eigenvalue weighted by Gasteiger charge is -2.10. The third-order valence-corrected chi connectivity index (χ3v) is 2.84. The Bertz CT molecular complexity index is 532. The van der Waals surface area contributed by atoms with Crippen LogP contribution in [0.5, 0.6) is 5.75 Å². The number of alkyl halides is 3.